The fourth-order valence-corrected chi connectivity index (χ4v) is 2.24. The molecule has 17 heavy (non-hydrogen) atoms. The maximum absolute atomic E-state index is 5.66. The van der Waals surface area contributed by atoms with Gasteiger partial charge in [0, 0.05) is 19.7 Å². The van der Waals surface area contributed by atoms with Gasteiger partial charge in [-0.1, -0.05) is 18.2 Å². The average Bonchev–Trinajstić information content (AvgIpc) is 2.92. The molecule has 2 heterocycles. The van der Waals surface area contributed by atoms with Crippen molar-refractivity contribution in [1.82, 2.24) is 14.8 Å². The molecule has 0 aliphatic carbocycles. The predicted molar refractivity (Wildman–Crippen MR) is 64.3 cm³/mol. The number of hydrogen-bond acceptors (Lipinski definition) is 4. The first-order chi connectivity index (χ1) is 8.31. The largest absolute Gasteiger partial charge is 0.492 e. The highest BCUT2D eigenvalue weighted by atomic mass is 16.5. The van der Waals surface area contributed by atoms with E-state index in [4.69, 9.17) is 4.74 Å². The highest BCUT2D eigenvalue weighted by Gasteiger charge is 2.29. The van der Waals surface area contributed by atoms with E-state index >= 15 is 0 Å². The van der Waals surface area contributed by atoms with Crippen LogP contribution in [0.2, 0.25) is 0 Å². The third-order valence-electron chi connectivity index (χ3n) is 3.14. The second kappa shape index (κ2) is 3.76. The van der Waals surface area contributed by atoms with E-state index in [0.717, 1.165) is 17.5 Å². The minimum atomic E-state index is 0.172. The van der Waals surface area contributed by atoms with Crippen LogP contribution in [-0.4, -0.2) is 28.4 Å². The van der Waals surface area contributed by atoms with Gasteiger partial charge in [-0.15, -0.1) is 10.2 Å². The van der Waals surface area contributed by atoms with Crippen LogP contribution in [0.4, 0.5) is 5.95 Å². The van der Waals surface area contributed by atoms with Crippen LogP contribution < -0.4 is 10.1 Å². The Balaban J connectivity index is 2.04. The monoisotopic (exact) mass is 230 g/mol. The van der Waals surface area contributed by atoms with Gasteiger partial charge in [0.15, 0.2) is 0 Å². The van der Waals surface area contributed by atoms with E-state index in [2.05, 4.69) is 21.6 Å². The zero-order valence-corrected chi connectivity index (χ0v) is 9.84. The summed E-state index contributed by atoms with van der Waals surface area (Å²) in [5.41, 5.74) is 1.19. The first kappa shape index (κ1) is 10.1. The highest BCUT2D eigenvalue weighted by molar-refractivity contribution is 5.43. The van der Waals surface area contributed by atoms with Gasteiger partial charge in [0.05, 0.1) is 5.92 Å². The molecule has 0 bridgehead atoms. The number of ether oxygens (including phenoxy) is 1. The van der Waals surface area contributed by atoms with Gasteiger partial charge in [0.25, 0.3) is 0 Å². The van der Waals surface area contributed by atoms with E-state index in [9.17, 15) is 0 Å². The lowest BCUT2D eigenvalue weighted by atomic mass is 10.0. The lowest BCUT2D eigenvalue weighted by molar-refractivity contribution is 0.338. The molecule has 0 spiro atoms. The Bertz CT molecular complexity index is 549. The van der Waals surface area contributed by atoms with E-state index in [1.165, 1.54) is 5.56 Å². The molecule has 3 rings (SSSR count). The standard InChI is InChI=1S/C12H14N4O/c1-13-12-15-14-11(16(12)2)9-7-17-10-6-4-3-5-8(9)10/h3-6,9H,7H2,1-2H3,(H,13,15). The Hall–Kier alpha value is -2.04. The molecule has 1 aliphatic rings. The first-order valence-electron chi connectivity index (χ1n) is 5.60. The molecule has 0 saturated heterocycles. The van der Waals surface area contributed by atoms with Crippen LogP contribution in [0, 0.1) is 0 Å². The fourth-order valence-electron chi connectivity index (χ4n) is 2.24. The van der Waals surface area contributed by atoms with Crippen molar-refractivity contribution >= 4 is 5.95 Å². The van der Waals surface area contributed by atoms with Crippen molar-refractivity contribution < 1.29 is 4.74 Å². The first-order valence-corrected chi connectivity index (χ1v) is 5.60. The van der Waals surface area contributed by atoms with Crippen molar-refractivity contribution in [2.75, 3.05) is 19.0 Å². The third-order valence-corrected chi connectivity index (χ3v) is 3.14. The summed E-state index contributed by atoms with van der Waals surface area (Å²) in [7, 11) is 3.80. The number of fused-ring (bicyclic) bond motifs is 1. The minimum absolute atomic E-state index is 0.172. The highest BCUT2D eigenvalue weighted by Crippen LogP contribution is 2.37. The van der Waals surface area contributed by atoms with E-state index in [1.54, 1.807) is 0 Å². The Morgan fingerprint density at radius 2 is 2.18 bits per heavy atom. The fraction of sp³-hybridized carbons (Fsp3) is 0.333. The Morgan fingerprint density at radius 3 is 2.94 bits per heavy atom. The second-order valence-electron chi connectivity index (χ2n) is 4.09. The van der Waals surface area contributed by atoms with Gasteiger partial charge in [-0.3, -0.25) is 4.57 Å². The molecule has 1 aromatic heterocycles. The van der Waals surface area contributed by atoms with Crippen LogP contribution in [-0.2, 0) is 7.05 Å². The zero-order valence-electron chi connectivity index (χ0n) is 9.84. The lowest BCUT2D eigenvalue weighted by Gasteiger charge is -2.08. The summed E-state index contributed by atoms with van der Waals surface area (Å²) in [6, 6.07) is 8.08. The molecular weight excluding hydrogens is 216 g/mol. The van der Waals surface area contributed by atoms with Crippen molar-refractivity contribution in [2.24, 2.45) is 7.05 Å². The van der Waals surface area contributed by atoms with Gasteiger partial charge in [-0.05, 0) is 6.07 Å². The van der Waals surface area contributed by atoms with Gasteiger partial charge >= 0.3 is 0 Å². The van der Waals surface area contributed by atoms with E-state index in [-0.39, 0.29) is 5.92 Å². The van der Waals surface area contributed by atoms with Crippen LogP contribution >= 0.6 is 0 Å². The quantitative estimate of drug-likeness (QED) is 0.846. The number of aromatic nitrogens is 3. The molecule has 1 N–H and O–H groups in total. The molecule has 1 unspecified atom stereocenters. The molecule has 0 fully saturated rings. The number of nitrogens with zero attached hydrogens (tertiary/aromatic N) is 3. The summed E-state index contributed by atoms with van der Waals surface area (Å²) >= 11 is 0. The number of benzene rings is 1. The summed E-state index contributed by atoms with van der Waals surface area (Å²) in [6.45, 7) is 0.634. The maximum atomic E-state index is 5.66. The van der Waals surface area contributed by atoms with E-state index in [1.807, 2.05) is 36.9 Å². The topological polar surface area (TPSA) is 52.0 Å². The number of anilines is 1. The SMILES string of the molecule is CNc1nnc(C2COc3ccccc32)n1C. The molecule has 2 aromatic rings. The normalized spacial score (nSPS) is 17.6. The van der Waals surface area contributed by atoms with Crippen molar-refractivity contribution in [2.45, 2.75) is 5.92 Å². The number of hydrogen-bond donors (Lipinski definition) is 1. The van der Waals surface area contributed by atoms with Crippen LogP contribution in [0.3, 0.4) is 0 Å². The smallest absolute Gasteiger partial charge is 0.224 e. The van der Waals surface area contributed by atoms with Gasteiger partial charge in [-0.25, -0.2) is 0 Å². The summed E-state index contributed by atoms with van der Waals surface area (Å²) in [5.74, 6) is 2.82. The molecule has 1 aromatic carbocycles. The molecule has 5 heteroatoms. The minimum Gasteiger partial charge on any atom is -0.492 e. The molecule has 1 aliphatic heterocycles. The van der Waals surface area contributed by atoms with Gasteiger partial charge in [0.2, 0.25) is 5.95 Å². The zero-order chi connectivity index (χ0) is 11.8. The maximum Gasteiger partial charge on any atom is 0.224 e. The van der Waals surface area contributed by atoms with Gasteiger partial charge in [-0.2, -0.15) is 0 Å². The molecule has 0 radical (unpaired) electrons. The molecule has 1 atom stereocenters. The van der Waals surface area contributed by atoms with Crippen molar-refractivity contribution in [1.29, 1.82) is 0 Å². The van der Waals surface area contributed by atoms with E-state index < -0.39 is 0 Å². The molecule has 0 amide bonds. The summed E-state index contributed by atoms with van der Waals surface area (Å²) in [5, 5.41) is 11.3. The predicted octanol–water partition coefficient (Wildman–Crippen LogP) is 1.38. The number of para-hydroxylation sites is 1. The van der Waals surface area contributed by atoms with Crippen molar-refractivity contribution in [3.63, 3.8) is 0 Å². The molecule has 0 saturated carbocycles. The van der Waals surface area contributed by atoms with Gasteiger partial charge in [0.1, 0.15) is 18.2 Å². The van der Waals surface area contributed by atoms with Gasteiger partial charge < -0.3 is 10.1 Å². The van der Waals surface area contributed by atoms with Crippen LogP contribution in [0.1, 0.15) is 17.3 Å². The summed E-state index contributed by atoms with van der Waals surface area (Å²) in [4.78, 5) is 0. The van der Waals surface area contributed by atoms with Crippen molar-refractivity contribution in [3.05, 3.63) is 35.7 Å². The van der Waals surface area contributed by atoms with Crippen LogP contribution in [0.25, 0.3) is 0 Å². The summed E-state index contributed by atoms with van der Waals surface area (Å²) in [6.07, 6.45) is 0. The number of rotatable bonds is 2. The second-order valence-corrected chi connectivity index (χ2v) is 4.09. The van der Waals surface area contributed by atoms with Crippen LogP contribution in [0.15, 0.2) is 24.3 Å². The Labute approximate surface area is 99.4 Å². The Kier molecular flexibility index (Phi) is 2.24. The third kappa shape index (κ3) is 1.46. The van der Waals surface area contributed by atoms with Crippen molar-refractivity contribution in [3.8, 4) is 5.75 Å². The summed E-state index contributed by atoms with van der Waals surface area (Å²) < 4.78 is 7.63. The molecule has 5 nitrogen and oxygen atoms in total. The Morgan fingerprint density at radius 1 is 1.35 bits per heavy atom. The average molecular weight is 230 g/mol. The lowest BCUT2D eigenvalue weighted by Crippen LogP contribution is -2.10. The molecular formula is C12H14N4O. The molecule has 88 valence electrons. The number of nitrogens with one attached hydrogen (secondary N) is 1. The van der Waals surface area contributed by atoms with E-state index in [0.29, 0.717) is 6.61 Å². The van der Waals surface area contributed by atoms with Crippen LogP contribution in [0.5, 0.6) is 5.75 Å².